The summed E-state index contributed by atoms with van der Waals surface area (Å²) in [6.07, 6.45) is 0. The SMILES string of the molecule is c1ccc(Nc2ccc(-c3ccc(-c4cccc5ccccc45)cc3)c3oc4ccccc4c23)cc1.c1ccc(Nc2ccc(-c3cccc4c3ccc3ccccc34)c3oc4ccccc4c23)cc1.c1ccc(Nc2ccc(-c3ccccc3)c3c2oc2ccccc23)cc1.c1ccc(Nc2ccc3c(oc4ccccc43)c2-c2ccccc2)cc1. The number of fused-ring (bicyclic) bond motifs is 16. The van der Waals surface area contributed by atoms with Crippen molar-refractivity contribution in [2.75, 3.05) is 21.3 Å². The molecule has 24 aromatic rings. The van der Waals surface area contributed by atoms with Gasteiger partial charge in [-0.1, -0.05) is 334 Å². The Kier molecular flexibility index (Phi) is 19.6. The Morgan fingerprint density at radius 1 is 0.148 bits per heavy atom. The van der Waals surface area contributed by atoms with E-state index in [9.17, 15) is 0 Å². The number of para-hydroxylation sites is 8. The lowest BCUT2D eigenvalue weighted by Crippen LogP contribution is -1.93. The van der Waals surface area contributed by atoms with Gasteiger partial charge >= 0.3 is 0 Å². The van der Waals surface area contributed by atoms with Crippen molar-refractivity contribution < 1.29 is 17.7 Å². The molecule has 0 saturated carbocycles. The zero-order chi connectivity index (χ0) is 81.1. The van der Waals surface area contributed by atoms with Gasteiger partial charge in [0.25, 0.3) is 0 Å². The van der Waals surface area contributed by atoms with Crippen LogP contribution in [0.25, 0.3) is 176 Å². The maximum absolute atomic E-state index is 6.51. The maximum atomic E-state index is 6.51. The second-order valence-corrected chi connectivity index (χ2v) is 30.3. The Labute approximate surface area is 704 Å². The van der Waals surface area contributed by atoms with E-state index in [1.165, 1.54) is 60.1 Å². The van der Waals surface area contributed by atoms with Gasteiger partial charge in [0, 0.05) is 71.8 Å². The number of nitrogens with one attached hydrogen (secondary N) is 4. The summed E-state index contributed by atoms with van der Waals surface area (Å²) in [7, 11) is 0. The molecule has 0 saturated heterocycles. The zero-order valence-corrected chi connectivity index (χ0v) is 66.4. The average Bonchev–Trinajstić information content (AvgIpc) is 1.27. The number of anilines is 8. The van der Waals surface area contributed by atoms with E-state index in [1.54, 1.807) is 0 Å². The fourth-order valence-corrected chi connectivity index (χ4v) is 17.2. The molecule has 8 heteroatoms. The molecular weight excluding hydrogens is 1490 g/mol. The Morgan fingerprint density at radius 2 is 0.492 bits per heavy atom. The van der Waals surface area contributed by atoms with Crippen molar-refractivity contribution in [3.8, 4) is 55.6 Å². The van der Waals surface area contributed by atoms with Crippen LogP contribution in [0.1, 0.15) is 0 Å². The molecule has 0 bridgehead atoms. The van der Waals surface area contributed by atoms with E-state index in [2.05, 4.69) is 337 Å². The maximum Gasteiger partial charge on any atom is 0.159 e. The van der Waals surface area contributed by atoms with Crippen molar-refractivity contribution in [3.05, 3.63) is 449 Å². The topological polar surface area (TPSA) is 101 Å². The highest BCUT2D eigenvalue weighted by molar-refractivity contribution is 6.21. The fourth-order valence-electron chi connectivity index (χ4n) is 17.2. The number of benzene rings is 20. The third-order valence-electron chi connectivity index (χ3n) is 22.9. The minimum atomic E-state index is 0.886. The Bertz CT molecular complexity index is 7920. The molecule has 4 aromatic heterocycles. The second kappa shape index (κ2) is 32.6. The monoisotopic (exact) mass is 1570 g/mol. The molecule has 0 unspecified atom stereocenters. The van der Waals surface area contributed by atoms with E-state index in [-0.39, 0.29) is 0 Å². The molecule has 20 aromatic carbocycles. The Morgan fingerprint density at radius 3 is 1.06 bits per heavy atom. The minimum Gasteiger partial charge on any atom is -0.455 e. The Balaban J connectivity index is 0.000000101. The Hall–Kier alpha value is -16.4. The van der Waals surface area contributed by atoms with Gasteiger partial charge in [0.1, 0.15) is 39.1 Å². The highest BCUT2D eigenvalue weighted by Gasteiger charge is 2.23. The molecule has 0 fully saturated rings. The molecular formula is C114H78N4O4. The molecule has 578 valence electrons. The van der Waals surface area contributed by atoms with Crippen molar-refractivity contribution >= 4 is 166 Å². The van der Waals surface area contributed by atoms with Gasteiger partial charge in [-0.05, 0) is 187 Å². The quantitative estimate of drug-likeness (QED) is 0.0848. The van der Waals surface area contributed by atoms with Crippen LogP contribution in [0.4, 0.5) is 45.5 Å². The van der Waals surface area contributed by atoms with E-state index in [0.717, 1.165) is 161 Å². The third-order valence-corrected chi connectivity index (χ3v) is 22.9. The highest BCUT2D eigenvalue weighted by Crippen LogP contribution is 2.48. The van der Waals surface area contributed by atoms with Crippen molar-refractivity contribution in [2.24, 2.45) is 0 Å². The normalized spacial score (nSPS) is 11.3. The molecule has 0 amide bonds. The standard InChI is InChI=1S/C34H23NO.C32H21NO.2C24H17NO/c1-2-11-26(12-3-1)35-31-22-21-29(34-33(31)30-14-6-7-16-32(30)36-34)25-19-17-24(18-20-25)28-15-8-10-23-9-4-5-13-27(23)28;1-2-10-22(11-3-1)33-29-20-19-27(32-31(29)28-13-6-7-16-30(28)34-32)25-15-8-14-24-23-12-5-4-9-21(23)17-18-26(24)25;1-3-9-17(10-4-1)19-15-16-21(25-18-11-5-2-6-12-18)24-23(19)20-13-7-8-14-22(20)26-24;1-3-9-17(10-4-1)23-21(25-18-11-5-2-6-12-18)16-15-20-19-13-7-8-14-22(19)26-24(20)23/h1-22,35H;1-20,33H;2*1-16,25H. The van der Waals surface area contributed by atoms with E-state index in [4.69, 9.17) is 17.7 Å². The predicted molar refractivity (Wildman–Crippen MR) is 513 cm³/mol. The fraction of sp³-hybridized carbons (Fsp3) is 0. The zero-order valence-electron chi connectivity index (χ0n) is 66.4. The lowest BCUT2D eigenvalue weighted by molar-refractivity contribution is 0.669. The van der Waals surface area contributed by atoms with Crippen LogP contribution >= 0.6 is 0 Å². The van der Waals surface area contributed by atoms with E-state index < -0.39 is 0 Å². The van der Waals surface area contributed by atoms with E-state index >= 15 is 0 Å². The van der Waals surface area contributed by atoms with Crippen LogP contribution in [0.5, 0.6) is 0 Å². The summed E-state index contributed by atoms with van der Waals surface area (Å²) in [5.74, 6) is 0. The van der Waals surface area contributed by atoms with Gasteiger partial charge in [0.05, 0.1) is 33.5 Å². The van der Waals surface area contributed by atoms with Crippen molar-refractivity contribution in [2.45, 2.75) is 0 Å². The first-order chi connectivity index (χ1) is 60.5. The molecule has 0 aliphatic heterocycles. The molecule has 0 atom stereocenters. The summed E-state index contributed by atoms with van der Waals surface area (Å²) in [5.41, 5.74) is 27.1. The van der Waals surface area contributed by atoms with Gasteiger partial charge in [-0.25, -0.2) is 0 Å². The van der Waals surface area contributed by atoms with Gasteiger partial charge < -0.3 is 38.9 Å². The number of furan rings is 4. The van der Waals surface area contributed by atoms with Crippen LogP contribution in [-0.4, -0.2) is 0 Å². The average molecular weight is 1570 g/mol. The molecule has 4 N–H and O–H groups in total. The lowest BCUT2D eigenvalue weighted by Gasteiger charge is -2.13. The van der Waals surface area contributed by atoms with Crippen LogP contribution < -0.4 is 21.3 Å². The van der Waals surface area contributed by atoms with Gasteiger partial charge in [-0.3, -0.25) is 0 Å². The smallest absolute Gasteiger partial charge is 0.159 e. The summed E-state index contributed by atoms with van der Waals surface area (Å²) in [6, 6.07) is 155. The number of hydrogen-bond donors (Lipinski definition) is 4. The molecule has 0 radical (unpaired) electrons. The van der Waals surface area contributed by atoms with Crippen LogP contribution in [0.2, 0.25) is 0 Å². The van der Waals surface area contributed by atoms with Crippen molar-refractivity contribution in [1.29, 1.82) is 0 Å². The van der Waals surface area contributed by atoms with Crippen LogP contribution in [0.3, 0.4) is 0 Å². The minimum absolute atomic E-state index is 0.886. The first kappa shape index (κ1) is 73.2. The molecule has 0 spiro atoms. The largest absolute Gasteiger partial charge is 0.455 e. The molecule has 8 nitrogen and oxygen atoms in total. The van der Waals surface area contributed by atoms with Gasteiger partial charge in [-0.15, -0.1) is 0 Å². The first-order valence-electron chi connectivity index (χ1n) is 41.2. The summed E-state index contributed by atoms with van der Waals surface area (Å²) in [4.78, 5) is 0. The van der Waals surface area contributed by atoms with Crippen LogP contribution in [-0.2, 0) is 0 Å². The first-order valence-corrected chi connectivity index (χ1v) is 41.2. The number of hydrogen-bond acceptors (Lipinski definition) is 8. The summed E-state index contributed by atoms with van der Waals surface area (Å²) < 4.78 is 25.5. The van der Waals surface area contributed by atoms with Gasteiger partial charge in [0.15, 0.2) is 5.58 Å². The summed E-state index contributed by atoms with van der Waals surface area (Å²) in [6.45, 7) is 0. The van der Waals surface area contributed by atoms with E-state index in [1.807, 2.05) is 133 Å². The molecule has 4 heterocycles. The number of rotatable bonds is 13. The van der Waals surface area contributed by atoms with Crippen molar-refractivity contribution in [3.63, 3.8) is 0 Å². The lowest BCUT2D eigenvalue weighted by atomic mass is 9.93. The molecule has 122 heavy (non-hydrogen) atoms. The van der Waals surface area contributed by atoms with Crippen molar-refractivity contribution in [1.82, 2.24) is 0 Å². The van der Waals surface area contributed by atoms with Crippen LogP contribution in [0.15, 0.2) is 467 Å². The predicted octanol–water partition coefficient (Wildman–Crippen LogP) is 33.1. The summed E-state index contributed by atoms with van der Waals surface area (Å²) >= 11 is 0. The van der Waals surface area contributed by atoms with E-state index in [0.29, 0.717) is 0 Å². The highest BCUT2D eigenvalue weighted by atomic mass is 16.3. The van der Waals surface area contributed by atoms with Crippen LogP contribution in [0, 0.1) is 0 Å². The third kappa shape index (κ3) is 14.2. The molecule has 0 aliphatic rings. The molecule has 24 rings (SSSR count). The van der Waals surface area contributed by atoms with Gasteiger partial charge in [0.2, 0.25) is 0 Å². The molecule has 0 aliphatic carbocycles. The summed E-state index contributed by atoms with van der Waals surface area (Å²) in [5, 5.41) is 30.8. The second-order valence-electron chi connectivity index (χ2n) is 30.3. The van der Waals surface area contributed by atoms with Gasteiger partial charge in [-0.2, -0.15) is 0 Å².